The van der Waals surface area contributed by atoms with Crippen molar-refractivity contribution in [1.82, 2.24) is 25.2 Å². The lowest BCUT2D eigenvalue weighted by Crippen LogP contribution is -2.64. The van der Waals surface area contributed by atoms with Crippen molar-refractivity contribution in [2.24, 2.45) is 4.99 Å². The molecule has 0 unspecified atom stereocenters. The smallest absolute Gasteiger partial charge is 0.288 e. The molecule has 2 aliphatic heterocycles. The fraction of sp³-hybridized carbons (Fsp3) is 0.606. The molecule has 13 heteroatoms. The molecule has 1 aromatic heterocycles. The Morgan fingerprint density at radius 3 is 2.57 bits per heavy atom. The van der Waals surface area contributed by atoms with Gasteiger partial charge in [-0.3, -0.25) is 9.59 Å². The number of carbonyl (C=O) groups is 2. The van der Waals surface area contributed by atoms with E-state index in [4.69, 9.17) is 9.73 Å². The van der Waals surface area contributed by atoms with Crippen LogP contribution >= 0.6 is 11.3 Å². The lowest BCUT2D eigenvalue weighted by Gasteiger charge is -2.42. The molecule has 0 bridgehead atoms. The number of sulfonamides is 1. The fourth-order valence-corrected chi connectivity index (χ4v) is 7.70. The molecule has 11 nitrogen and oxygen atoms in total. The standard InChI is InChI=1S/C33H48N6O5S2/c1-24-30(25-12-5-3-6-13-25)44-33(36-24)38-19-20-39(29(23-38)31(40)34-22-27-16-11-21-45-27)32(41)28(37-26-14-7-4-8-15-26)17-9-10-18-35-46(2,42)43/h3,5-6,11-13,16,21,24,26,28-30,35,37H,4,7-10,14-15,17-20,22-23H2,1-2H3,(H,34,40)/t24-,28-,29+,30-/m1/s1. The number of amidine groups is 1. The normalized spacial score (nSPS) is 23.1. The minimum absolute atomic E-state index is 0.0792. The molecule has 5 rings (SSSR count). The van der Waals surface area contributed by atoms with E-state index < -0.39 is 22.1 Å². The SMILES string of the molecule is C[C@H]1N=C(N2CCN(C(=O)[C@@H](CCCCNS(C)(=O)=O)NC3CCCCC3)[C@H](C(=O)NCc3cccs3)C2)O[C@H]1c1ccccc1. The van der Waals surface area contributed by atoms with Gasteiger partial charge in [-0.05, 0) is 49.6 Å². The first-order valence-corrected chi connectivity index (χ1v) is 19.3. The molecule has 1 aromatic carbocycles. The third-order valence-corrected chi connectivity index (χ3v) is 10.6. The molecule has 46 heavy (non-hydrogen) atoms. The van der Waals surface area contributed by atoms with Crippen LogP contribution in [0, 0.1) is 0 Å². The first kappa shape index (κ1) is 34.3. The summed E-state index contributed by atoms with van der Waals surface area (Å²) in [5.41, 5.74) is 1.05. The molecule has 0 spiro atoms. The molecule has 1 saturated carbocycles. The van der Waals surface area contributed by atoms with Crippen LogP contribution in [0.4, 0.5) is 0 Å². The number of thiophene rings is 1. The summed E-state index contributed by atoms with van der Waals surface area (Å²) in [5, 5.41) is 8.70. The molecule has 2 fully saturated rings. The highest BCUT2D eigenvalue weighted by atomic mass is 32.2. The summed E-state index contributed by atoms with van der Waals surface area (Å²) in [4.78, 5) is 37.8. The Morgan fingerprint density at radius 2 is 1.85 bits per heavy atom. The highest BCUT2D eigenvalue weighted by molar-refractivity contribution is 7.88. The maximum absolute atomic E-state index is 14.4. The number of aliphatic imine (C=N–C) groups is 1. The number of amides is 2. The number of rotatable bonds is 13. The Kier molecular flexibility index (Phi) is 12.1. The maximum Gasteiger partial charge on any atom is 0.288 e. The zero-order chi connectivity index (χ0) is 32.5. The predicted molar refractivity (Wildman–Crippen MR) is 181 cm³/mol. The van der Waals surface area contributed by atoms with Crippen LogP contribution < -0.4 is 15.4 Å². The van der Waals surface area contributed by atoms with Crippen LogP contribution in [-0.2, 0) is 30.9 Å². The summed E-state index contributed by atoms with van der Waals surface area (Å²) in [6.07, 6.45) is 8.33. The van der Waals surface area contributed by atoms with Gasteiger partial charge >= 0.3 is 0 Å². The second-order valence-corrected chi connectivity index (χ2v) is 15.5. The van der Waals surface area contributed by atoms with E-state index in [9.17, 15) is 18.0 Å². The molecule has 3 aliphatic rings. The molecule has 2 amide bonds. The van der Waals surface area contributed by atoms with Crippen molar-refractivity contribution in [3.8, 4) is 0 Å². The molecule has 0 radical (unpaired) electrons. The first-order chi connectivity index (χ1) is 22.2. The molecule has 4 atom stereocenters. The third-order valence-electron chi connectivity index (χ3n) is 8.99. The average molecular weight is 673 g/mol. The maximum atomic E-state index is 14.4. The molecule has 3 N–H and O–H groups in total. The average Bonchev–Trinajstić information content (AvgIpc) is 3.72. The zero-order valence-electron chi connectivity index (χ0n) is 26.9. The summed E-state index contributed by atoms with van der Waals surface area (Å²) in [7, 11) is -3.26. The fourth-order valence-electron chi connectivity index (χ4n) is 6.54. The van der Waals surface area contributed by atoms with E-state index in [1.807, 2.05) is 59.7 Å². The summed E-state index contributed by atoms with van der Waals surface area (Å²) in [6.45, 7) is 3.91. The summed E-state index contributed by atoms with van der Waals surface area (Å²) < 4.78 is 32.0. The van der Waals surface area contributed by atoms with E-state index in [1.165, 1.54) is 6.42 Å². The van der Waals surface area contributed by atoms with Gasteiger partial charge in [-0.2, -0.15) is 0 Å². The van der Waals surface area contributed by atoms with Crippen molar-refractivity contribution >= 4 is 39.2 Å². The van der Waals surface area contributed by atoms with Crippen LogP contribution in [0.5, 0.6) is 0 Å². The summed E-state index contributed by atoms with van der Waals surface area (Å²) in [5.74, 6) is -0.283. The van der Waals surface area contributed by atoms with Crippen LogP contribution in [0.15, 0.2) is 52.8 Å². The molecule has 252 valence electrons. The minimum atomic E-state index is -3.26. The highest BCUT2D eigenvalue weighted by Gasteiger charge is 2.41. The highest BCUT2D eigenvalue weighted by Crippen LogP contribution is 2.31. The van der Waals surface area contributed by atoms with E-state index in [1.54, 1.807) is 16.2 Å². The third kappa shape index (κ3) is 9.52. The van der Waals surface area contributed by atoms with Crippen molar-refractivity contribution < 1.29 is 22.7 Å². The largest absolute Gasteiger partial charge is 0.455 e. The molecule has 3 heterocycles. The van der Waals surface area contributed by atoms with Crippen LogP contribution in [0.3, 0.4) is 0 Å². The van der Waals surface area contributed by atoms with Crippen LogP contribution in [-0.4, -0.2) is 92.7 Å². The quantitative estimate of drug-likeness (QED) is 0.278. The Hall–Kier alpha value is -3.00. The van der Waals surface area contributed by atoms with Gasteiger partial charge in [0.05, 0.1) is 31.4 Å². The monoisotopic (exact) mass is 672 g/mol. The number of hydrogen-bond acceptors (Lipinski definition) is 9. The van der Waals surface area contributed by atoms with Gasteiger partial charge in [-0.25, -0.2) is 18.1 Å². The van der Waals surface area contributed by atoms with E-state index in [0.717, 1.165) is 42.4 Å². The molecule has 1 saturated heterocycles. The summed E-state index contributed by atoms with van der Waals surface area (Å²) in [6, 6.07) is 13.5. The van der Waals surface area contributed by atoms with Gasteiger partial charge in [0.2, 0.25) is 21.8 Å². The minimum Gasteiger partial charge on any atom is -0.455 e. The van der Waals surface area contributed by atoms with Crippen molar-refractivity contribution in [2.75, 3.05) is 32.4 Å². The molecular weight excluding hydrogens is 625 g/mol. The molecular formula is C33H48N6O5S2. The van der Waals surface area contributed by atoms with Gasteiger partial charge in [0.1, 0.15) is 12.1 Å². The number of nitrogens with zero attached hydrogens (tertiary/aromatic N) is 3. The Balaban J connectivity index is 1.30. The van der Waals surface area contributed by atoms with Gasteiger partial charge < -0.3 is 25.2 Å². The number of nitrogens with one attached hydrogen (secondary N) is 3. The van der Waals surface area contributed by atoms with Crippen LogP contribution in [0.2, 0.25) is 0 Å². The van der Waals surface area contributed by atoms with Crippen LogP contribution in [0.1, 0.15) is 74.8 Å². The van der Waals surface area contributed by atoms with Gasteiger partial charge in [0.25, 0.3) is 6.02 Å². The van der Waals surface area contributed by atoms with E-state index in [2.05, 4.69) is 15.4 Å². The van der Waals surface area contributed by atoms with Crippen molar-refractivity contribution in [3.05, 3.63) is 58.3 Å². The number of piperazine rings is 1. The van der Waals surface area contributed by atoms with E-state index in [-0.39, 0.29) is 36.5 Å². The number of ether oxygens (including phenoxy) is 1. The second kappa shape index (κ2) is 16.2. The van der Waals surface area contributed by atoms with Crippen molar-refractivity contribution in [2.45, 2.75) is 95.1 Å². The molecule has 1 aliphatic carbocycles. The van der Waals surface area contributed by atoms with E-state index >= 15 is 0 Å². The predicted octanol–water partition coefficient (Wildman–Crippen LogP) is 3.40. The van der Waals surface area contributed by atoms with Gasteiger partial charge in [-0.15, -0.1) is 11.3 Å². The number of carbonyl (C=O) groups excluding carboxylic acids is 2. The lowest BCUT2D eigenvalue weighted by molar-refractivity contribution is -0.145. The summed E-state index contributed by atoms with van der Waals surface area (Å²) >= 11 is 1.58. The van der Waals surface area contributed by atoms with Crippen molar-refractivity contribution in [1.29, 1.82) is 0 Å². The van der Waals surface area contributed by atoms with Gasteiger partial charge in [-0.1, -0.05) is 62.1 Å². The van der Waals surface area contributed by atoms with Crippen LogP contribution in [0.25, 0.3) is 0 Å². The lowest BCUT2D eigenvalue weighted by atomic mass is 9.94. The Labute approximate surface area is 277 Å². The Bertz CT molecular complexity index is 1420. The topological polar surface area (TPSA) is 132 Å². The second-order valence-electron chi connectivity index (χ2n) is 12.6. The van der Waals surface area contributed by atoms with Gasteiger partial charge in [0.15, 0.2) is 0 Å². The number of benzene rings is 1. The van der Waals surface area contributed by atoms with E-state index in [0.29, 0.717) is 51.5 Å². The van der Waals surface area contributed by atoms with Gasteiger partial charge in [0, 0.05) is 30.6 Å². The zero-order valence-corrected chi connectivity index (χ0v) is 28.5. The number of unbranched alkanes of at least 4 members (excludes halogenated alkanes) is 1. The van der Waals surface area contributed by atoms with Crippen molar-refractivity contribution in [3.63, 3.8) is 0 Å². The molecule has 2 aromatic rings. The Morgan fingerprint density at radius 1 is 1.07 bits per heavy atom. The number of hydrogen-bond donors (Lipinski definition) is 3. The first-order valence-electron chi connectivity index (χ1n) is 16.5.